The van der Waals surface area contributed by atoms with Gasteiger partial charge in [-0.2, -0.15) is 0 Å². The van der Waals surface area contributed by atoms with E-state index in [1.807, 2.05) is 13.0 Å². The summed E-state index contributed by atoms with van der Waals surface area (Å²) in [7, 11) is 1.39. The Bertz CT molecular complexity index is 552. The van der Waals surface area contributed by atoms with Crippen LogP contribution in [0, 0.1) is 29.1 Å². The highest BCUT2D eigenvalue weighted by Gasteiger charge is 2.63. The molecule has 2 fully saturated rings. The summed E-state index contributed by atoms with van der Waals surface area (Å²) in [6.07, 6.45) is 8.97. The molecule has 24 heavy (non-hydrogen) atoms. The first-order chi connectivity index (χ1) is 11.3. The van der Waals surface area contributed by atoms with Crippen molar-refractivity contribution in [3.63, 3.8) is 0 Å². The lowest BCUT2D eigenvalue weighted by molar-refractivity contribution is -0.177. The Balaban J connectivity index is 1.86. The van der Waals surface area contributed by atoms with Crippen molar-refractivity contribution in [2.45, 2.75) is 64.9 Å². The molecule has 2 saturated carbocycles. The molecule has 0 amide bonds. The minimum absolute atomic E-state index is 0.153. The normalized spacial score (nSPS) is 43.7. The zero-order valence-corrected chi connectivity index (χ0v) is 15.3. The molecule has 6 unspecified atom stereocenters. The average molecular weight is 334 g/mol. The maximum absolute atomic E-state index is 13.3. The molecule has 0 heterocycles. The molecule has 4 heteroatoms. The summed E-state index contributed by atoms with van der Waals surface area (Å²) in [4.78, 5) is 25.3. The van der Waals surface area contributed by atoms with Gasteiger partial charge in [-0.05, 0) is 68.8 Å². The Hall–Kier alpha value is -1.32. The Labute approximate surface area is 145 Å². The number of carbonyl (C=O) groups is 2. The number of hydrogen-bond donors (Lipinski definition) is 0. The first-order valence-electron chi connectivity index (χ1n) is 9.29. The van der Waals surface area contributed by atoms with Crippen LogP contribution in [0.4, 0.5) is 0 Å². The third-order valence-corrected chi connectivity index (χ3v) is 7.03. The molecule has 0 spiro atoms. The van der Waals surface area contributed by atoms with Crippen molar-refractivity contribution >= 4 is 11.9 Å². The second-order valence-corrected chi connectivity index (χ2v) is 8.43. The van der Waals surface area contributed by atoms with E-state index in [9.17, 15) is 9.59 Å². The van der Waals surface area contributed by atoms with E-state index in [0.717, 1.165) is 32.1 Å². The standard InChI is InChI=1S/C20H30O4/c1-13-14(2)16-10-15(13)11-20(16,12-17(21)23-4)18(22)24-19(3)8-6-5-7-9-19/h6,8,13-16H,5,7,9-12H2,1-4H3. The van der Waals surface area contributed by atoms with Gasteiger partial charge in [0.25, 0.3) is 0 Å². The number of hydrogen-bond acceptors (Lipinski definition) is 4. The lowest BCUT2D eigenvalue weighted by Crippen LogP contribution is -2.47. The number of rotatable bonds is 4. The van der Waals surface area contributed by atoms with Crippen molar-refractivity contribution < 1.29 is 19.1 Å². The Morgan fingerprint density at radius 2 is 2.00 bits per heavy atom. The van der Waals surface area contributed by atoms with Gasteiger partial charge in [-0.15, -0.1) is 0 Å². The molecule has 0 aliphatic heterocycles. The highest BCUT2D eigenvalue weighted by molar-refractivity contribution is 5.85. The molecular weight excluding hydrogens is 304 g/mol. The van der Waals surface area contributed by atoms with Crippen molar-refractivity contribution in [3.05, 3.63) is 12.2 Å². The third kappa shape index (κ3) is 2.78. The lowest BCUT2D eigenvalue weighted by Gasteiger charge is -2.42. The van der Waals surface area contributed by atoms with Crippen LogP contribution in [-0.4, -0.2) is 24.6 Å². The Morgan fingerprint density at radius 3 is 2.54 bits per heavy atom. The van der Waals surface area contributed by atoms with Crippen LogP contribution in [-0.2, 0) is 19.1 Å². The molecule has 0 N–H and O–H groups in total. The van der Waals surface area contributed by atoms with E-state index in [4.69, 9.17) is 9.47 Å². The molecular formula is C20H30O4. The van der Waals surface area contributed by atoms with E-state index >= 15 is 0 Å². The number of esters is 2. The van der Waals surface area contributed by atoms with Gasteiger partial charge in [0.15, 0.2) is 0 Å². The van der Waals surface area contributed by atoms with Gasteiger partial charge in [-0.3, -0.25) is 9.59 Å². The van der Waals surface area contributed by atoms with Crippen molar-refractivity contribution in [1.82, 2.24) is 0 Å². The lowest BCUT2D eigenvalue weighted by atomic mass is 9.64. The van der Waals surface area contributed by atoms with E-state index < -0.39 is 11.0 Å². The van der Waals surface area contributed by atoms with Crippen LogP contribution in [0.1, 0.15) is 59.3 Å². The minimum Gasteiger partial charge on any atom is -0.469 e. The van der Waals surface area contributed by atoms with E-state index in [1.54, 1.807) is 0 Å². The molecule has 0 aromatic heterocycles. The number of carbonyl (C=O) groups excluding carboxylic acids is 2. The molecule has 0 aromatic carbocycles. The van der Waals surface area contributed by atoms with Gasteiger partial charge in [0.05, 0.1) is 18.9 Å². The number of methoxy groups -OCH3 is 1. The minimum atomic E-state index is -0.696. The van der Waals surface area contributed by atoms with Gasteiger partial charge in [0, 0.05) is 0 Å². The summed E-state index contributed by atoms with van der Waals surface area (Å²) < 4.78 is 10.9. The third-order valence-electron chi connectivity index (χ3n) is 7.03. The van der Waals surface area contributed by atoms with Gasteiger partial charge in [-0.1, -0.05) is 19.9 Å². The Morgan fingerprint density at radius 1 is 1.25 bits per heavy atom. The van der Waals surface area contributed by atoms with Crippen LogP contribution in [0.2, 0.25) is 0 Å². The topological polar surface area (TPSA) is 52.6 Å². The zero-order chi connectivity index (χ0) is 17.5. The quantitative estimate of drug-likeness (QED) is 0.578. The molecule has 134 valence electrons. The fourth-order valence-corrected chi connectivity index (χ4v) is 5.39. The van der Waals surface area contributed by atoms with Crippen LogP contribution in [0.3, 0.4) is 0 Å². The first-order valence-corrected chi connectivity index (χ1v) is 9.29. The highest BCUT2D eigenvalue weighted by atomic mass is 16.6. The molecule has 4 nitrogen and oxygen atoms in total. The molecule has 6 atom stereocenters. The van der Waals surface area contributed by atoms with Crippen molar-refractivity contribution in [2.24, 2.45) is 29.1 Å². The molecule has 3 aliphatic carbocycles. The predicted octanol–water partition coefficient (Wildman–Crippen LogP) is 3.89. The SMILES string of the molecule is COC(=O)CC1(C(=O)OC2(C)C=CCCC2)CC2CC1C(C)C2C. The fourth-order valence-electron chi connectivity index (χ4n) is 5.39. The van der Waals surface area contributed by atoms with Crippen LogP contribution >= 0.6 is 0 Å². The van der Waals surface area contributed by atoms with Crippen molar-refractivity contribution in [3.8, 4) is 0 Å². The summed E-state index contributed by atoms with van der Waals surface area (Å²) in [5, 5.41) is 0. The van der Waals surface area contributed by atoms with Crippen LogP contribution in [0.15, 0.2) is 12.2 Å². The van der Waals surface area contributed by atoms with Gasteiger partial charge in [0.2, 0.25) is 0 Å². The largest absolute Gasteiger partial charge is 0.469 e. The molecule has 3 rings (SSSR count). The van der Waals surface area contributed by atoms with Gasteiger partial charge >= 0.3 is 11.9 Å². The van der Waals surface area contributed by atoms with Crippen molar-refractivity contribution in [1.29, 1.82) is 0 Å². The van der Waals surface area contributed by atoms with E-state index in [1.165, 1.54) is 7.11 Å². The number of allylic oxidation sites excluding steroid dienone is 1. The second-order valence-electron chi connectivity index (χ2n) is 8.43. The molecule has 0 saturated heterocycles. The van der Waals surface area contributed by atoms with Gasteiger partial charge in [-0.25, -0.2) is 0 Å². The predicted molar refractivity (Wildman–Crippen MR) is 91.1 cm³/mol. The molecule has 3 aliphatic rings. The number of ether oxygens (including phenoxy) is 2. The summed E-state index contributed by atoms with van der Waals surface area (Å²) in [6, 6.07) is 0. The number of fused-ring (bicyclic) bond motifs is 2. The summed E-state index contributed by atoms with van der Waals surface area (Å²) >= 11 is 0. The van der Waals surface area contributed by atoms with Crippen LogP contribution in [0.25, 0.3) is 0 Å². The summed E-state index contributed by atoms with van der Waals surface area (Å²) in [5.41, 5.74) is -1.23. The van der Waals surface area contributed by atoms with Gasteiger partial charge < -0.3 is 9.47 Å². The van der Waals surface area contributed by atoms with E-state index in [0.29, 0.717) is 17.8 Å². The molecule has 0 radical (unpaired) electrons. The molecule has 0 aromatic rings. The van der Waals surface area contributed by atoms with Gasteiger partial charge in [0.1, 0.15) is 5.60 Å². The van der Waals surface area contributed by atoms with E-state index in [-0.39, 0.29) is 24.3 Å². The Kier molecular flexibility index (Phi) is 4.52. The monoisotopic (exact) mass is 334 g/mol. The maximum Gasteiger partial charge on any atom is 0.313 e. The highest BCUT2D eigenvalue weighted by Crippen LogP contribution is 2.63. The smallest absolute Gasteiger partial charge is 0.313 e. The fraction of sp³-hybridized carbons (Fsp3) is 0.800. The van der Waals surface area contributed by atoms with Crippen molar-refractivity contribution in [2.75, 3.05) is 7.11 Å². The van der Waals surface area contributed by atoms with E-state index in [2.05, 4.69) is 19.9 Å². The van der Waals surface area contributed by atoms with Crippen LogP contribution in [0.5, 0.6) is 0 Å². The maximum atomic E-state index is 13.3. The van der Waals surface area contributed by atoms with Crippen LogP contribution < -0.4 is 0 Å². The summed E-state index contributed by atoms with van der Waals surface area (Å²) in [6.45, 7) is 6.47. The molecule has 2 bridgehead atoms. The average Bonchev–Trinajstić information content (AvgIpc) is 3.05. The zero-order valence-electron chi connectivity index (χ0n) is 15.3. The first kappa shape index (κ1) is 17.5. The second kappa shape index (κ2) is 6.20. The summed E-state index contributed by atoms with van der Waals surface area (Å²) in [5.74, 6) is 1.29.